The molecule has 2 fully saturated rings. The highest BCUT2D eigenvalue weighted by molar-refractivity contribution is 5.93. The molecule has 146 valence electrons. The maximum Gasteiger partial charge on any atom is 0.286 e. The van der Waals surface area contributed by atoms with Crippen LogP contribution in [0.5, 0.6) is 0 Å². The van der Waals surface area contributed by atoms with Crippen molar-refractivity contribution in [3.05, 3.63) is 28.4 Å². The second-order valence-electron chi connectivity index (χ2n) is 7.99. The van der Waals surface area contributed by atoms with Gasteiger partial charge in [-0.25, -0.2) is 9.97 Å². The van der Waals surface area contributed by atoms with Gasteiger partial charge in [-0.15, -0.1) is 0 Å². The summed E-state index contributed by atoms with van der Waals surface area (Å²) in [5, 5.41) is 2.71. The van der Waals surface area contributed by atoms with E-state index in [0.29, 0.717) is 6.54 Å². The smallest absolute Gasteiger partial charge is 0.286 e. The van der Waals surface area contributed by atoms with Gasteiger partial charge in [0.25, 0.3) is 17.2 Å². The van der Waals surface area contributed by atoms with Crippen molar-refractivity contribution in [2.75, 3.05) is 26.7 Å². The summed E-state index contributed by atoms with van der Waals surface area (Å²) in [6.07, 6.45) is 12.5. The number of H-pyrrole nitrogens is 1. The zero-order valence-electron chi connectivity index (χ0n) is 16.0. The van der Waals surface area contributed by atoms with Crippen molar-refractivity contribution in [3.8, 4) is 0 Å². The van der Waals surface area contributed by atoms with Crippen LogP contribution < -0.4 is 5.56 Å². The number of hydrogen-bond acceptors (Lipinski definition) is 5. The number of aromatic amines is 1. The molecule has 27 heavy (non-hydrogen) atoms. The number of rotatable bonds is 4. The molecule has 4 rings (SSSR count). The fourth-order valence-corrected chi connectivity index (χ4v) is 4.82. The van der Waals surface area contributed by atoms with Crippen LogP contribution in [-0.4, -0.2) is 67.5 Å². The molecule has 0 radical (unpaired) electrons. The monoisotopic (exact) mass is 372 g/mol. The summed E-state index contributed by atoms with van der Waals surface area (Å²) in [6.45, 7) is 2.90. The molecule has 1 aliphatic heterocycles. The zero-order valence-corrected chi connectivity index (χ0v) is 16.0. The lowest BCUT2D eigenvalue weighted by atomic mass is 9.78. The maximum absolute atomic E-state index is 13.0. The third-order valence-electron chi connectivity index (χ3n) is 6.23. The average molecular weight is 372 g/mol. The first kappa shape index (κ1) is 18.2. The van der Waals surface area contributed by atoms with E-state index in [9.17, 15) is 9.59 Å². The van der Waals surface area contributed by atoms with Crippen LogP contribution in [0.3, 0.4) is 0 Å². The van der Waals surface area contributed by atoms with E-state index in [0.717, 1.165) is 25.9 Å². The van der Waals surface area contributed by atoms with Crippen LogP contribution in [0, 0.1) is 0 Å². The van der Waals surface area contributed by atoms with Crippen molar-refractivity contribution in [1.82, 2.24) is 29.4 Å². The van der Waals surface area contributed by atoms with Crippen LogP contribution in [0.1, 0.15) is 61.7 Å². The number of piperidine rings is 1. The molecule has 8 nitrogen and oxygen atoms in total. The van der Waals surface area contributed by atoms with E-state index in [1.165, 1.54) is 55.6 Å². The van der Waals surface area contributed by atoms with E-state index in [1.54, 1.807) is 4.90 Å². The van der Waals surface area contributed by atoms with Crippen LogP contribution in [0.25, 0.3) is 5.78 Å². The lowest BCUT2D eigenvalue weighted by Crippen LogP contribution is -2.58. The fourth-order valence-electron chi connectivity index (χ4n) is 4.82. The molecule has 8 heteroatoms. The third kappa shape index (κ3) is 3.38. The highest BCUT2D eigenvalue weighted by Crippen LogP contribution is 2.36. The molecule has 2 aliphatic rings. The second-order valence-corrected chi connectivity index (χ2v) is 7.99. The van der Waals surface area contributed by atoms with Crippen LogP contribution in [0.4, 0.5) is 0 Å². The molecule has 0 unspecified atom stereocenters. The SMILES string of the molecule is CN(CC1(N2CCCCC2)CCCCC1)C(=O)c1cnc2nc[nH]n2c1=O. The van der Waals surface area contributed by atoms with Gasteiger partial charge in [0, 0.05) is 25.3 Å². The van der Waals surface area contributed by atoms with Gasteiger partial charge in [0.2, 0.25) is 0 Å². The van der Waals surface area contributed by atoms with Crippen molar-refractivity contribution in [2.45, 2.75) is 56.9 Å². The first-order valence-electron chi connectivity index (χ1n) is 10.0. The summed E-state index contributed by atoms with van der Waals surface area (Å²) in [5.74, 6) is 0.00901. The largest absolute Gasteiger partial charge is 0.340 e. The Labute approximate surface area is 158 Å². The number of carbonyl (C=O) groups is 1. The number of hydrogen-bond donors (Lipinski definition) is 1. The Hall–Kier alpha value is -2.22. The van der Waals surface area contributed by atoms with Crippen LogP contribution in [-0.2, 0) is 0 Å². The summed E-state index contributed by atoms with van der Waals surface area (Å²) < 4.78 is 1.21. The predicted molar refractivity (Wildman–Crippen MR) is 102 cm³/mol. The van der Waals surface area contributed by atoms with Crippen molar-refractivity contribution in [3.63, 3.8) is 0 Å². The summed E-state index contributed by atoms with van der Waals surface area (Å²) in [6, 6.07) is 0. The van der Waals surface area contributed by atoms with Gasteiger partial charge in [0.05, 0.1) is 0 Å². The van der Waals surface area contributed by atoms with Gasteiger partial charge in [-0.2, -0.15) is 4.52 Å². The number of likely N-dealkylation sites (tertiary alicyclic amines) is 1. The van der Waals surface area contributed by atoms with Crippen LogP contribution in [0.2, 0.25) is 0 Å². The van der Waals surface area contributed by atoms with Gasteiger partial charge in [-0.05, 0) is 38.8 Å². The van der Waals surface area contributed by atoms with E-state index < -0.39 is 5.56 Å². The van der Waals surface area contributed by atoms with Gasteiger partial charge in [0.15, 0.2) is 0 Å². The van der Waals surface area contributed by atoms with E-state index in [4.69, 9.17) is 0 Å². The van der Waals surface area contributed by atoms with Gasteiger partial charge in [-0.3, -0.25) is 19.6 Å². The summed E-state index contributed by atoms with van der Waals surface area (Å²) in [5.41, 5.74) is -0.265. The molecule has 0 bridgehead atoms. The first-order chi connectivity index (χ1) is 13.1. The molecule has 1 amide bonds. The molecule has 1 saturated heterocycles. The number of nitrogens with zero attached hydrogens (tertiary/aromatic N) is 5. The quantitative estimate of drug-likeness (QED) is 0.882. The molecule has 0 atom stereocenters. The Morgan fingerprint density at radius 2 is 1.85 bits per heavy atom. The summed E-state index contributed by atoms with van der Waals surface area (Å²) >= 11 is 0. The normalized spacial score (nSPS) is 20.6. The molecule has 1 aliphatic carbocycles. The number of fused-ring (bicyclic) bond motifs is 1. The highest BCUT2D eigenvalue weighted by atomic mass is 16.2. The van der Waals surface area contributed by atoms with Gasteiger partial charge in [-0.1, -0.05) is 25.7 Å². The average Bonchev–Trinajstić information content (AvgIpc) is 3.19. The minimum Gasteiger partial charge on any atom is -0.340 e. The van der Waals surface area contributed by atoms with Gasteiger partial charge in [0.1, 0.15) is 11.9 Å². The first-order valence-corrected chi connectivity index (χ1v) is 10.0. The van der Waals surface area contributed by atoms with E-state index >= 15 is 0 Å². The van der Waals surface area contributed by atoms with Gasteiger partial charge < -0.3 is 4.90 Å². The molecule has 2 aromatic heterocycles. The predicted octanol–water partition coefficient (Wildman–Crippen LogP) is 1.68. The number of nitrogens with one attached hydrogen (secondary N) is 1. The number of carbonyl (C=O) groups excluding carboxylic acids is 1. The Morgan fingerprint density at radius 1 is 1.15 bits per heavy atom. The molecular formula is C19H28N6O2. The number of aromatic nitrogens is 4. The minimum absolute atomic E-state index is 0.0464. The zero-order chi connectivity index (χ0) is 18.9. The Morgan fingerprint density at radius 3 is 2.59 bits per heavy atom. The highest BCUT2D eigenvalue weighted by Gasteiger charge is 2.40. The molecule has 1 saturated carbocycles. The van der Waals surface area contributed by atoms with Crippen molar-refractivity contribution < 1.29 is 4.79 Å². The van der Waals surface area contributed by atoms with E-state index in [1.807, 2.05) is 7.05 Å². The van der Waals surface area contributed by atoms with Crippen molar-refractivity contribution in [2.24, 2.45) is 0 Å². The summed E-state index contributed by atoms with van der Waals surface area (Å²) in [4.78, 5) is 38.1. The van der Waals surface area contributed by atoms with E-state index in [2.05, 4.69) is 20.0 Å². The number of likely N-dealkylation sites (N-methyl/N-ethyl adjacent to an activating group) is 1. The second kappa shape index (κ2) is 7.42. The minimum atomic E-state index is -0.398. The lowest BCUT2D eigenvalue weighted by molar-refractivity contribution is 0.00983. The van der Waals surface area contributed by atoms with Crippen molar-refractivity contribution in [1.29, 1.82) is 0 Å². The molecule has 0 spiro atoms. The molecular weight excluding hydrogens is 344 g/mol. The van der Waals surface area contributed by atoms with Crippen LogP contribution >= 0.6 is 0 Å². The van der Waals surface area contributed by atoms with E-state index in [-0.39, 0.29) is 22.8 Å². The molecule has 0 aromatic carbocycles. The third-order valence-corrected chi connectivity index (χ3v) is 6.23. The lowest BCUT2D eigenvalue weighted by Gasteiger charge is -2.49. The fraction of sp³-hybridized carbons (Fsp3) is 0.684. The van der Waals surface area contributed by atoms with Crippen molar-refractivity contribution >= 4 is 11.7 Å². The van der Waals surface area contributed by atoms with Gasteiger partial charge >= 0.3 is 0 Å². The number of amides is 1. The molecule has 2 aromatic rings. The molecule has 1 N–H and O–H groups in total. The topological polar surface area (TPSA) is 86.6 Å². The standard InChI is InChI=1S/C19H28N6O2/c1-23(16(26)15-12-20-18-21-14-22-25(18)17(15)27)13-19(8-4-2-5-9-19)24-10-6-3-7-11-24/h12,14H,2-11,13H2,1H3,(H,20,21,22). The maximum atomic E-state index is 13.0. The Balaban J connectivity index is 1.58. The Kier molecular flexibility index (Phi) is 4.99. The Bertz CT molecular complexity index is 860. The van der Waals surface area contributed by atoms with Crippen LogP contribution in [0.15, 0.2) is 17.3 Å². The summed E-state index contributed by atoms with van der Waals surface area (Å²) in [7, 11) is 1.81. The molecule has 3 heterocycles.